The summed E-state index contributed by atoms with van der Waals surface area (Å²) in [5.74, 6) is 0. The molecule has 0 aliphatic heterocycles. The van der Waals surface area contributed by atoms with E-state index in [0.29, 0.717) is 17.6 Å². The maximum Gasteiger partial charge on any atom is 0.0670 e. The summed E-state index contributed by atoms with van der Waals surface area (Å²) >= 11 is 6.25. The van der Waals surface area contributed by atoms with Gasteiger partial charge in [-0.2, -0.15) is 0 Å². The largest absolute Gasteiger partial charge is 0.382 e. The minimum Gasteiger partial charge on any atom is -0.382 e. The van der Waals surface area contributed by atoms with Gasteiger partial charge in [-0.15, -0.1) is 0 Å². The van der Waals surface area contributed by atoms with Crippen LogP contribution in [0.25, 0.3) is 0 Å². The Hall–Kier alpha value is -0.730. The Morgan fingerprint density at radius 3 is 2.71 bits per heavy atom. The second-order valence-corrected chi connectivity index (χ2v) is 7.04. The number of aryl methyl sites for hydroxylation is 1. The maximum absolute atomic E-state index is 6.25. The molecule has 0 heterocycles. The van der Waals surface area contributed by atoms with Crippen LogP contribution >= 0.6 is 11.6 Å². The van der Waals surface area contributed by atoms with Gasteiger partial charge >= 0.3 is 0 Å². The van der Waals surface area contributed by atoms with Gasteiger partial charge in [0.25, 0.3) is 0 Å². The van der Waals surface area contributed by atoms with Gasteiger partial charge in [-0.3, -0.25) is 0 Å². The first kappa shape index (κ1) is 15.2. The smallest absolute Gasteiger partial charge is 0.0670 e. The molecular weight excluding hydrogens is 282 g/mol. The van der Waals surface area contributed by atoms with E-state index in [1.807, 2.05) is 6.92 Å². The predicted molar refractivity (Wildman–Crippen MR) is 89.1 cm³/mol. The van der Waals surface area contributed by atoms with Gasteiger partial charge in [0.2, 0.25) is 0 Å². The summed E-state index contributed by atoms with van der Waals surface area (Å²) in [4.78, 5) is 0. The molecule has 0 saturated heterocycles. The SMILES string of the molecule is CCOC1CC(Nc2ccc(C)c(Cl)c2)C12CCCCC2. The molecule has 0 aromatic heterocycles. The highest BCUT2D eigenvalue weighted by molar-refractivity contribution is 6.31. The average molecular weight is 308 g/mol. The van der Waals surface area contributed by atoms with Gasteiger partial charge in [-0.25, -0.2) is 0 Å². The van der Waals surface area contributed by atoms with Gasteiger partial charge in [0, 0.05) is 28.8 Å². The summed E-state index contributed by atoms with van der Waals surface area (Å²) in [6.45, 7) is 4.98. The molecule has 21 heavy (non-hydrogen) atoms. The molecule has 3 rings (SSSR count). The Labute approximate surface area is 133 Å². The summed E-state index contributed by atoms with van der Waals surface area (Å²) < 4.78 is 6.02. The first-order chi connectivity index (χ1) is 10.2. The zero-order valence-electron chi connectivity index (χ0n) is 13.1. The summed E-state index contributed by atoms with van der Waals surface area (Å²) in [5.41, 5.74) is 2.64. The van der Waals surface area contributed by atoms with Crippen molar-refractivity contribution < 1.29 is 4.74 Å². The summed E-state index contributed by atoms with van der Waals surface area (Å²) in [5, 5.41) is 4.58. The number of hydrogen-bond acceptors (Lipinski definition) is 2. The highest BCUT2D eigenvalue weighted by Gasteiger charge is 2.55. The van der Waals surface area contributed by atoms with Crippen LogP contribution in [0.5, 0.6) is 0 Å². The minimum absolute atomic E-state index is 0.353. The van der Waals surface area contributed by atoms with Crippen LogP contribution in [0.2, 0.25) is 5.02 Å². The van der Waals surface area contributed by atoms with E-state index in [4.69, 9.17) is 16.3 Å². The normalized spacial score (nSPS) is 27.4. The van der Waals surface area contributed by atoms with Crippen molar-refractivity contribution in [3.05, 3.63) is 28.8 Å². The first-order valence-electron chi connectivity index (χ1n) is 8.30. The summed E-state index contributed by atoms with van der Waals surface area (Å²) in [6, 6.07) is 6.83. The van der Waals surface area contributed by atoms with Crippen LogP contribution in [0.15, 0.2) is 18.2 Å². The quantitative estimate of drug-likeness (QED) is 0.826. The highest BCUT2D eigenvalue weighted by Crippen LogP contribution is 2.54. The highest BCUT2D eigenvalue weighted by atomic mass is 35.5. The molecule has 2 aliphatic carbocycles. The number of ether oxygens (including phenoxy) is 1. The Morgan fingerprint density at radius 1 is 1.29 bits per heavy atom. The van der Waals surface area contributed by atoms with Gasteiger partial charge in [0.05, 0.1) is 6.10 Å². The number of anilines is 1. The molecule has 1 N–H and O–H groups in total. The topological polar surface area (TPSA) is 21.3 Å². The van der Waals surface area contributed by atoms with Crippen molar-refractivity contribution in [2.24, 2.45) is 5.41 Å². The first-order valence-corrected chi connectivity index (χ1v) is 8.68. The Bertz CT molecular complexity index is 496. The van der Waals surface area contributed by atoms with Crippen molar-refractivity contribution in [1.82, 2.24) is 0 Å². The van der Waals surface area contributed by atoms with Crippen LogP contribution in [0.1, 0.15) is 51.0 Å². The van der Waals surface area contributed by atoms with Gasteiger partial charge in [-0.05, 0) is 50.8 Å². The van der Waals surface area contributed by atoms with Crippen LogP contribution in [-0.4, -0.2) is 18.8 Å². The van der Waals surface area contributed by atoms with E-state index in [1.165, 1.54) is 32.1 Å². The van der Waals surface area contributed by atoms with Crippen molar-refractivity contribution >= 4 is 17.3 Å². The van der Waals surface area contributed by atoms with E-state index in [9.17, 15) is 0 Å². The molecule has 0 radical (unpaired) electrons. The molecule has 3 heteroatoms. The Kier molecular flexibility index (Phi) is 4.46. The average Bonchev–Trinajstić information content (AvgIpc) is 2.50. The van der Waals surface area contributed by atoms with Crippen molar-refractivity contribution in [1.29, 1.82) is 0 Å². The van der Waals surface area contributed by atoms with Crippen molar-refractivity contribution in [2.45, 2.75) is 64.5 Å². The molecule has 2 atom stereocenters. The number of nitrogens with one attached hydrogen (secondary N) is 1. The van der Waals surface area contributed by atoms with Gasteiger partial charge in [0.1, 0.15) is 0 Å². The van der Waals surface area contributed by atoms with Crippen LogP contribution in [0.3, 0.4) is 0 Å². The number of hydrogen-bond donors (Lipinski definition) is 1. The second kappa shape index (κ2) is 6.18. The molecule has 1 spiro atoms. The fraction of sp³-hybridized carbons (Fsp3) is 0.667. The van der Waals surface area contributed by atoms with Crippen molar-refractivity contribution in [3.63, 3.8) is 0 Å². The summed E-state index contributed by atoms with van der Waals surface area (Å²) in [6.07, 6.45) is 8.24. The molecular formula is C18H26ClNO. The maximum atomic E-state index is 6.25. The number of halogens is 1. The molecule has 1 aromatic rings. The van der Waals surface area contributed by atoms with Crippen LogP contribution in [0.4, 0.5) is 5.69 Å². The molecule has 2 unspecified atom stereocenters. The number of benzene rings is 1. The van der Waals surface area contributed by atoms with Gasteiger partial charge < -0.3 is 10.1 Å². The Morgan fingerprint density at radius 2 is 2.05 bits per heavy atom. The van der Waals surface area contributed by atoms with E-state index in [1.54, 1.807) is 0 Å². The van der Waals surface area contributed by atoms with Gasteiger partial charge in [-0.1, -0.05) is 36.9 Å². The third-order valence-corrected chi connectivity index (χ3v) is 5.86. The van der Waals surface area contributed by atoms with Crippen LogP contribution in [-0.2, 0) is 4.74 Å². The predicted octanol–water partition coefficient (Wildman–Crippen LogP) is 5.19. The van der Waals surface area contributed by atoms with E-state index in [-0.39, 0.29) is 0 Å². The van der Waals surface area contributed by atoms with E-state index < -0.39 is 0 Å². The molecule has 0 bridgehead atoms. The lowest BCUT2D eigenvalue weighted by Crippen LogP contribution is -2.62. The van der Waals surface area contributed by atoms with Crippen LogP contribution in [0, 0.1) is 12.3 Å². The number of rotatable bonds is 4. The van der Waals surface area contributed by atoms with Crippen molar-refractivity contribution in [3.8, 4) is 0 Å². The summed E-state index contributed by atoms with van der Waals surface area (Å²) in [7, 11) is 0. The van der Waals surface area contributed by atoms with E-state index in [2.05, 4.69) is 30.4 Å². The van der Waals surface area contributed by atoms with E-state index >= 15 is 0 Å². The monoisotopic (exact) mass is 307 g/mol. The van der Waals surface area contributed by atoms with E-state index in [0.717, 1.165) is 29.3 Å². The molecule has 2 fully saturated rings. The van der Waals surface area contributed by atoms with Crippen molar-refractivity contribution in [2.75, 3.05) is 11.9 Å². The lowest BCUT2D eigenvalue weighted by molar-refractivity contribution is -0.134. The molecule has 1 aromatic carbocycles. The fourth-order valence-corrected chi connectivity index (χ4v) is 4.33. The lowest BCUT2D eigenvalue weighted by Gasteiger charge is -2.58. The molecule has 2 aliphatic rings. The standard InChI is InChI=1S/C18H26ClNO/c1-3-21-17-12-16(18(17)9-5-4-6-10-18)20-14-8-7-13(2)15(19)11-14/h7-8,11,16-17,20H,3-6,9-10,12H2,1-2H3. The van der Waals surface area contributed by atoms with Crippen LogP contribution < -0.4 is 5.32 Å². The third-order valence-electron chi connectivity index (χ3n) is 5.45. The second-order valence-electron chi connectivity index (χ2n) is 6.63. The molecule has 0 amide bonds. The zero-order chi connectivity index (χ0) is 14.9. The minimum atomic E-state index is 0.353. The molecule has 2 saturated carbocycles. The Balaban J connectivity index is 1.73. The lowest BCUT2D eigenvalue weighted by atomic mass is 9.55. The third kappa shape index (κ3) is 2.80. The fourth-order valence-electron chi connectivity index (χ4n) is 4.15. The van der Waals surface area contributed by atoms with Gasteiger partial charge in [0.15, 0.2) is 0 Å². The molecule has 2 nitrogen and oxygen atoms in total. The molecule has 116 valence electrons. The zero-order valence-corrected chi connectivity index (χ0v) is 13.9.